The molecule has 0 aliphatic carbocycles. The van der Waals surface area contributed by atoms with Crippen LogP contribution in [0.15, 0.2) is 91.4 Å². The number of carbonyl (C=O) groups is 2. The van der Waals surface area contributed by atoms with E-state index < -0.39 is 0 Å². The zero-order chi connectivity index (χ0) is 28.3. The van der Waals surface area contributed by atoms with Crippen LogP contribution in [-0.4, -0.2) is 43.6 Å². The van der Waals surface area contributed by atoms with Crippen molar-refractivity contribution < 1.29 is 9.59 Å². The van der Waals surface area contributed by atoms with E-state index in [2.05, 4.69) is 26.6 Å². The number of aryl methyl sites for hydroxylation is 3. The molecule has 204 valence electrons. The maximum atomic E-state index is 13.3. The van der Waals surface area contributed by atoms with Gasteiger partial charge in [-0.3, -0.25) is 25.0 Å². The Morgan fingerprint density at radius 3 is 2.63 bits per heavy atom. The molecule has 41 heavy (non-hydrogen) atoms. The first-order chi connectivity index (χ1) is 20.0. The summed E-state index contributed by atoms with van der Waals surface area (Å²) in [5, 5.41) is 9.82. The molecule has 2 amide bonds. The Kier molecular flexibility index (Phi) is 7.13. The maximum absolute atomic E-state index is 13.3. The lowest BCUT2D eigenvalue weighted by Crippen LogP contribution is -2.26. The van der Waals surface area contributed by atoms with Crippen LogP contribution in [0.2, 0.25) is 0 Å². The highest BCUT2D eigenvalue weighted by Gasteiger charge is 2.19. The fourth-order valence-corrected chi connectivity index (χ4v) is 5.47. The third kappa shape index (κ3) is 5.50. The number of thiophene rings is 1. The highest BCUT2D eigenvalue weighted by Crippen LogP contribution is 2.29. The van der Waals surface area contributed by atoms with Crippen molar-refractivity contribution in [2.24, 2.45) is 0 Å². The summed E-state index contributed by atoms with van der Waals surface area (Å²) in [6.07, 6.45) is 6.10. The van der Waals surface area contributed by atoms with Crippen molar-refractivity contribution in [2.45, 2.75) is 19.9 Å². The van der Waals surface area contributed by atoms with Crippen molar-refractivity contribution in [3.63, 3.8) is 0 Å². The number of aromatic nitrogens is 5. The first kappa shape index (κ1) is 26.1. The van der Waals surface area contributed by atoms with Crippen LogP contribution in [0.3, 0.4) is 0 Å². The Morgan fingerprint density at radius 2 is 1.88 bits per heavy atom. The van der Waals surface area contributed by atoms with Gasteiger partial charge in [-0.25, -0.2) is 4.98 Å². The predicted molar refractivity (Wildman–Crippen MR) is 161 cm³/mol. The Hall–Kier alpha value is -5.09. The average Bonchev–Trinajstić information content (AvgIpc) is 3.77. The fraction of sp³-hybridized carbons (Fsp3) is 0.129. The summed E-state index contributed by atoms with van der Waals surface area (Å²) >= 11 is 1.39. The summed E-state index contributed by atoms with van der Waals surface area (Å²) < 4.78 is 2.00. The minimum absolute atomic E-state index is 0.115. The van der Waals surface area contributed by atoms with Crippen LogP contribution >= 0.6 is 11.3 Å². The van der Waals surface area contributed by atoms with Crippen molar-refractivity contribution in [3.8, 4) is 10.4 Å². The molecule has 0 saturated heterocycles. The third-order valence-electron chi connectivity index (χ3n) is 6.88. The molecule has 6 aromatic rings. The van der Waals surface area contributed by atoms with Gasteiger partial charge < -0.3 is 9.47 Å². The van der Waals surface area contributed by atoms with Gasteiger partial charge in [0, 0.05) is 53.4 Å². The number of aromatic amines is 1. The number of pyridine rings is 1. The van der Waals surface area contributed by atoms with E-state index in [-0.39, 0.29) is 11.8 Å². The van der Waals surface area contributed by atoms with Gasteiger partial charge in [0.15, 0.2) is 0 Å². The van der Waals surface area contributed by atoms with Crippen LogP contribution in [0.25, 0.3) is 21.5 Å². The van der Waals surface area contributed by atoms with E-state index in [1.807, 2.05) is 66.2 Å². The number of anilines is 2. The summed E-state index contributed by atoms with van der Waals surface area (Å²) in [6.45, 7) is 2.54. The molecule has 2 N–H and O–H groups in total. The minimum atomic E-state index is -0.241. The highest BCUT2D eigenvalue weighted by atomic mass is 32.1. The molecule has 0 aliphatic heterocycles. The molecular formula is C31H27N7O2S. The van der Waals surface area contributed by atoms with E-state index in [4.69, 9.17) is 4.98 Å². The van der Waals surface area contributed by atoms with Gasteiger partial charge in [0.05, 0.1) is 22.1 Å². The molecule has 0 bridgehead atoms. The summed E-state index contributed by atoms with van der Waals surface area (Å²) in [5.74, 6) is 0.0864. The van der Waals surface area contributed by atoms with Crippen molar-refractivity contribution in [1.29, 1.82) is 0 Å². The average molecular weight is 562 g/mol. The monoisotopic (exact) mass is 561 g/mol. The van der Waals surface area contributed by atoms with Gasteiger partial charge in [0.2, 0.25) is 5.95 Å². The summed E-state index contributed by atoms with van der Waals surface area (Å²) in [7, 11) is 1.75. The van der Waals surface area contributed by atoms with Crippen LogP contribution < -0.4 is 10.2 Å². The van der Waals surface area contributed by atoms with E-state index in [0.29, 0.717) is 40.6 Å². The maximum Gasteiger partial charge on any atom is 0.268 e. The SMILES string of the molecule is Cc1ccc(CCn2c(NC(=O)c3ccc(-c4cn[nH]c4)s3)nc3cc(N(C)C(=O)c4ccccc4)ccc32)cn1. The number of rotatable bonds is 8. The van der Waals surface area contributed by atoms with E-state index in [1.165, 1.54) is 11.3 Å². The lowest BCUT2D eigenvalue weighted by molar-refractivity contribution is 0.0991. The van der Waals surface area contributed by atoms with E-state index >= 15 is 0 Å². The second-order valence-corrected chi connectivity index (χ2v) is 10.7. The molecule has 0 fully saturated rings. The Morgan fingerprint density at radius 1 is 1.02 bits per heavy atom. The number of hydrogen-bond acceptors (Lipinski definition) is 6. The topological polar surface area (TPSA) is 109 Å². The van der Waals surface area contributed by atoms with Gasteiger partial charge >= 0.3 is 0 Å². The number of amides is 2. The number of benzene rings is 2. The quantitative estimate of drug-likeness (QED) is 0.238. The van der Waals surface area contributed by atoms with Crippen molar-refractivity contribution in [3.05, 3.63) is 113 Å². The number of nitrogens with zero attached hydrogens (tertiary/aromatic N) is 5. The van der Waals surface area contributed by atoms with Gasteiger partial charge in [-0.2, -0.15) is 5.10 Å². The van der Waals surface area contributed by atoms with E-state index in [1.54, 1.807) is 42.5 Å². The molecule has 4 heterocycles. The lowest BCUT2D eigenvalue weighted by atomic mass is 10.2. The zero-order valence-electron chi connectivity index (χ0n) is 22.5. The molecule has 0 spiro atoms. The number of fused-ring (bicyclic) bond motifs is 1. The second-order valence-electron chi connectivity index (χ2n) is 9.65. The molecule has 0 unspecified atom stereocenters. The molecule has 4 aromatic heterocycles. The van der Waals surface area contributed by atoms with Gasteiger partial charge in [-0.1, -0.05) is 24.3 Å². The van der Waals surface area contributed by atoms with Crippen LogP contribution in [0, 0.1) is 6.92 Å². The standard InChI is InChI=1S/C31H27N7O2S/c1-20-8-9-21(17-32-20)14-15-38-26-11-10-24(37(2)30(40)22-6-4-3-5-7-22)16-25(26)35-31(38)36-29(39)28-13-12-27(41-28)23-18-33-34-19-23/h3-13,16-19H,14-15H2,1-2H3,(H,33,34)(H,35,36,39). The largest absolute Gasteiger partial charge is 0.311 e. The Balaban J connectivity index is 1.31. The molecule has 6 rings (SSSR count). The molecule has 2 aromatic carbocycles. The number of nitrogens with one attached hydrogen (secondary N) is 2. The first-order valence-electron chi connectivity index (χ1n) is 13.1. The minimum Gasteiger partial charge on any atom is -0.311 e. The van der Waals surface area contributed by atoms with Crippen molar-refractivity contribution >= 4 is 45.8 Å². The van der Waals surface area contributed by atoms with Gasteiger partial charge in [-0.05, 0) is 67.4 Å². The van der Waals surface area contributed by atoms with Crippen LogP contribution in [0.5, 0.6) is 0 Å². The molecule has 0 atom stereocenters. The number of carbonyl (C=O) groups excluding carboxylic acids is 2. The van der Waals surface area contributed by atoms with Gasteiger partial charge in [-0.15, -0.1) is 11.3 Å². The highest BCUT2D eigenvalue weighted by molar-refractivity contribution is 7.17. The molecule has 0 saturated carbocycles. The summed E-state index contributed by atoms with van der Waals surface area (Å²) in [4.78, 5) is 38.7. The Labute approximate surface area is 240 Å². The van der Waals surface area contributed by atoms with Crippen LogP contribution in [0.4, 0.5) is 11.6 Å². The third-order valence-corrected chi connectivity index (χ3v) is 8.01. The fourth-order valence-electron chi connectivity index (χ4n) is 4.59. The number of hydrogen-bond donors (Lipinski definition) is 2. The molecule has 10 heteroatoms. The molecule has 9 nitrogen and oxygen atoms in total. The lowest BCUT2D eigenvalue weighted by Gasteiger charge is -2.17. The zero-order valence-corrected chi connectivity index (χ0v) is 23.4. The van der Waals surface area contributed by atoms with Gasteiger partial charge in [0.25, 0.3) is 11.8 Å². The number of imidazole rings is 1. The molecular weight excluding hydrogens is 534 g/mol. The second kappa shape index (κ2) is 11.2. The number of H-pyrrole nitrogens is 1. The van der Waals surface area contributed by atoms with E-state index in [0.717, 1.165) is 27.2 Å². The molecule has 0 aliphatic rings. The predicted octanol–water partition coefficient (Wildman–Crippen LogP) is 5.96. The molecule has 0 radical (unpaired) electrons. The normalized spacial score (nSPS) is 11.1. The summed E-state index contributed by atoms with van der Waals surface area (Å²) in [6, 6.07) is 22.6. The van der Waals surface area contributed by atoms with Crippen molar-refractivity contribution in [1.82, 2.24) is 24.7 Å². The van der Waals surface area contributed by atoms with E-state index in [9.17, 15) is 9.59 Å². The van der Waals surface area contributed by atoms with Crippen LogP contribution in [-0.2, 0) is 13.0 Å². The first-order valence-corrected chi connectivity index (χ1v) is 13.9. The Bertz CT molecular complexity index is 1820. The van der Waals surface area contributed by atoms with Crippen molar-refractivity contribution in [2.75, 3.05) is 17.3 Å². The van der Waals surface area contributed by atoms with Gasteiger partial charge in [0.1, 0.15) is 0 Å². The van der Waals surface area contributed by atoms with Crippen LogP contribution in [0.1, 0.15) is 31.3 Å². The summed E-state index contributed by atoms with van der Waals surface area (Å²) in [5.41, 5.74) is 5.82. The smallest absolute Gasteiger partial charge is 0.268 e.